The van der Waals surface area contributed by atoms with Gasteiger partial charge in [0.2, 0.25) is 0 Å². The number of allylic oxidation sites excluding steroid dienone is 3. The number of aliphatic hydroxyl groups excluding tert-OH is 4. The van der Waals surface area contributed by atoms with E-state index in [1.807, 2.05) is 0 Å². The topological polar surface area (TPSA) is 216 Å². The van der Waals surface area contributed by atoms with E-state index in [1.165, 1.54) is 19.9 Å². The van der Waals surface area contributed by atoms with E-state index in [1.54, 1.807) is 26.0 Å². The molecule has 0 aliphatic heterocycles. The summed E-state index contributed by atoms with van der Waals surface area (Å²) >= 11 is 0. The second-order valence-corrected chi connectivity index (χ2v) is 15.0. The molecule has 0 rings (SSSR count). The summed E-state index contributed by atoms with van der Waals surface area (Å²) in [6.07, 6.45) is 2.64. The third kappa shape index (κ3) is 20.6. The van der Waals surface area contributed by atoms with Gasteiger partial charge in [-0.2, -0.15) is 0 Å². The van der Waals surface area contributed by atoms with Crippen LogP contribution in [0.4, 0.5) is 0 Å². The number of carboxylic acids is 1. The number of carbonyl (C=O) groups excluding carboxylic acids is 3. The molecule has 0 saturated carbocycles. The van der Waals surface area contributed by atoms with Gasteiger partial charge in [-0.15, -0.1) is 0 Å². The molecule has 0 bridgehead atoms. The van der Waals surface area contributed by atoms with E-state index in [0.717, 1.165) is 5.57 Å². The molecule has 0 heterocycles. The molecule has 0 aliphatic carbocycles. The maximum atomic E-state index is 12.7. The summed E-state index contributed by atoms with van der Waals surface area (Å²) in [5.74, 6) is -1.34. The Labute approximate surface area is 316 Å². The molecule has 300 valence electrons. The van der Waals surface area contributed by atoms with Crippen LogP contribution in [0.5, 0.6) is 0 Å². The molecular formula is C42H67NO10. The summed E-state index contributed by atoms with van der Waals surface area (Å²) in [5, 5.41) is 61.3. The van der Waals surface area contributed by atoms with Gasteiger partial charge in [0.25, 0.3) is 0 Å². The molecule has 0 saturated heterocycles. The highest BCUT2D eigenvalue weighted by Crippen LogP contribution is 2.24. The predicted octanol–water partition coefficient (Wildman–Crippen LogP) is 5.39. The van der Waals surface area contributed by atoms with Gasteiger partial charge in [-0.3, -0.25) is 14.4 Å². The van der Waals surface area contributed by atoms with E-state index in [0.29, 0.717) is 60.4 Å². The molecule has 0 fully saturated rings. The molecule has 7 unspecified atom stereocenters. The maximum Gasteiger partial charge on any atom is 0.331 e. The van der Waals surface area contributed by atoms with E-state index in [-0.39, 0.29) is 74.4 Å². The van der Waals surface area contributed by atoms with Crippen LogP contribution in [0.2, 0.25) is 0 Å². The normalized spacial score (nSPS) is 17.2. The van der Waals surface area contributed by atoms with Crippen LogP contribution in [0.3, 0.4) is 0 Å². The van der Waals surface area contributed by atoms with Gasteiger partial charge in [-0.25, -0.2) is 4.79 Å². The van der Waals surface area contributed by atoms with Crippen molar-refractivity contribution in [3.8, 4) is 0 Å². The predicted molar refractivity (Wildman–Crippen MR) is 209 cm³/mol. The lowest BCUT2D eigenvalue weighted by Gasteiger charge is -2.23. The standard InChI is InChI=1S/C42H67NO10/c1-26(11-10-12-37(47)30(5)22-29(4)32(7)25-43)21-36(46)19-20-42(9,53)40(50)18-17-34(44)15-16-35(45)24-38(48)28(3)14-13-27(2)33(8)39(49)23-31(6)41(51)52/h13-14,23,29,32,35-36,38-39,45-46,48-49,53H,1,5,8,10-12,15-22,24-25,43H2,2-4,6-7,9H3,(H,51,52). The summed E-state index contributed by atoms with van der Waals surface area (Å²) in [7, 11) is 0. The third-order valence-corrected chi connectivity index (χ3v) is 9.94. The molecule has 0 radical (unpaired) electrons. The lowest BCUT2D eigenvalue weighted by molar-refractivity contribution is -0.138. The lowest BCUT2D eigenvalue weighted by Crippen LogP contribution is -2.36. The Morgan fingerprint density at radius 3 is 2.00 bits per heavy atom. The summed E-state index contributed by atoms with van der Waals surface area (Å²) < 4.78 is 0. The van der Waals surface area contributed by atoms with Gasteiger partial charge in [0.05, 0.1) is 24.4 Å². The third-order valence-electron chi connectivity index (χ3n) is 9.94. The summed E-state index contributed by atoms with van der Waals surface area (Å²) in [5.41, 5.74) is 6.71. The zero-order chi connectivity index (χ0) is 41.1. The van der Waals surface area contributed by atoms with E-state index in [2.05, 4.69) is 33.6 Å². The average Bonchev–Trinajstić information content (AvgIpc) is 3.09. The molecule has 0 aromatic heterocycles. The quantitative estimate of drug-likeness (QED) is 0.0293. The lowest BCUT2D eigenvalue weighted by atomic mass is 9.87. The van der Waals surface area contributed by atoms with E-state index in [4.69, 9.17) is 10.8 Å². The Hall–Kier alpha value is -3.32. The summed E-state index contributed by atoms with van der Waals surface area (Å²) in [6, 6.07) is 0. The maximum absolute atomic E-state index is 12.7. The first kappa shape index (κ1) is 49.7. The molecule has 8 N–H and O–H groups in total. The van der Waals surface area contributed by atoms with Crippen LogP contribution in [0.15, 0.2) is 71.4 Å². The first-order valence-corrected chi connectivity index (χ1v) is 18.5. The van der Waals surface area contributed by atoms with E-state index < -0.39 is 41.8 Å². The molecule has 53 heavy (non-hydrogen) atoms. The Morgan fingerprint density at radius 2 is 1.42 bits per heavy atom. The zero-order valence-electron chi connectivity index (χ0n) is 32.9. The average molecular weight is 746 g/mol. The highest BCUT2D eigenvalue weighted by molar-refractivity contribution is 5.94. The van der Waals surface area contributed by atoms with Crippen molar-refractivity contribution in [3.05, 3.63) is 71.4 Å². The fourth-order valence-corrected chi connectivity index (χ4v) is 5.39. The smallest absolute Gasteiger partial charge is 0.331 e. The molecular weight excluding hydrogens is 678 g/mol. The van der Waals surface area contributed by atoms with Crippen molar-refractivity contribution < 1.29 is 49.8 Å². The fourth-order valence-electron chi connectivity index (χ4n) is 5.39. The van der Waals surface area contributed by atoms with Crippen molar-refractivity contribution >= 4 is 23.3 Å². The minimum absolute atomic E-state index is 0.000503. The van der Waals surface area contributed by atoms with Gasteiger partial charge in [0.1, 0.15) is 11.4 Å². The Kier molecular flexibility index (Phi) is 23.3. The SMILES string of the molecule is C=C(CCCC(=O)C(=C)CC(C)C(C)CN)CC(O)CCC(C)(O)C(=O)CCC(=O)CCC(O)CC(O)C(C)=CC=C(C)C(=C)C(O)C=C(C)C(=O)O. The minimum Gasteiger partial charge on any atom is -0.478 e. The largest absolute Gasteiger partial charge is 0.478 e. The van der Waals surface area contributed by atoms with Gasteiger partial charge >= 0.3 is 5.97 Å². The number of rotatable bonds is 29. The second-order valence-electron chi connectivity index (χ2n) is 15.0. The number of aliphatic carboxylic acids is 1. The van der Waals surface area contributed by atoms with Crippen LogP contribution >= 0.6 is 0 Å². The van der Waals surface area contributed by atoms with Crippen LogP contribution in [0.25, 0.3) is 0 Å². The van der Waals surface area contributed by atoms with Gasteiger partial charge in [-0.1, -0.05) is 51.3 Å². The highest BCUT2D eigenvalue weighted by Gasteiger charge is 2.30. The van der Waals surface area contributed by atoms with Crippen LogP contribution in [0, 0.1) is 11.8 Å². The fraction of sp³-hybridized carbons (Fsp3) is 0.619. The number of aliphatic hydroxyl groups is 5. The molecule has 0 spiro atoms. The Bertz CT molecular complexity index is 1370. The van der Waals surface area contributed by atoms with Crippen LogP contribution < -0.4 is 5.73 Å². The monoisotopic (exact) mass is 745 g/mol. The molecule has 7 atom stereocenters. The molecule has 11 heteroatoms. The van der Waals surface area contributed by atoms with Crippen LogP contribution in [-0.4, -0.2) is 90.5 Å². The van der Waals surface area contributed by atoms with Gasteiger partial charge in [0, 0.05) is 37.7 Å². The van der Waals surface area contributed by atoms with Crippen molar-refractivity contribution in [1.82, 2.24) is 0 Å². The van der Waals surface area contributed by atoms with Crippen LogP contribution in [-0.2, 0) is 19.2 Å². The number of hydrogen-bond acceptors (Lipinski definition) is 10. The van der Waals surface area contributed by atoms with Crippen LogP contribution in [0.1, 0.15) is 119 Å². The molecule has 11 nitrogen and oxygen atoms in total. The van der Waals surface area contributed by atoms with Crippen molar-refractivity contribution in [2.75, 3.05) is 6.54 Å². The van der Waals surface area contributed by atoms with Gasteiger partial charge < -0.3 is 36.4 Å². The van der Waals surface area contributed by atoms with Crippen molar-refractivity contribution in [2.45, 2.75) is 149 Å². The molecule has 0 aromatic carbocycles. The zero-order valence-corrected chi connectivity index (χ0v) is 32.9. The Morgan fingerprint density at radius 1 is 0.792 bits per heavy atom. The number of Topliss-reactive ketones (excluding diaryl/α,β-unsaturated/α-hetero) is 3. The second kappa shape index (κ2) is 24.9. The molecule has 0 aromatic rings. The van der Waals surface area contributed by atoms with Crippen molar-refractivity contribution in [1.29, 1.82) is 0 Å². The molecule has 0 aliphatic rings. The number of carbonyl (C=O) groups is 4. The minimum atomic E-state index is -1.73. The number of hydrogen-bond donors (Lipinski definition) is 7. The summed E-state index contributed by atoms with van der Waals surface area (Å²) in [4.78, 5) is 48.6. The number of nitrogens with two attached hydrogens (primary N) is 1. The number of ketones is 3. The molecule has 0 amide bonds. The number of carboxylic acid groups (broad SMARTS) is 1. The van der Waals surface area contributed by atoms with Crippen molar-refractivity contribution in [2.24, 2.45) is 17.6 Å². The van der Waals surface area contributed by atoms with E-state index in [9.17, 15) is 44.7 Å². The van der Waals surface area contributed by atoms with Gasteiger partial charge in [0.15, 0.2) is 11.6 Å². The van der Waals surface area contributed by atoms with Crippen molar-refractivity contribution in [3.63, 3.8) is 0 Å². The summed E-state index contributed by atoms with van der Waals surface area (Å²) in [6.45, 7) is 22.4. The van der Waals surface area contributed by atoms with Gasteiger partial charge in [-0.05, 0) is 119 Å². The first-order valence-electron chi connectivity index (χ1n) is 18.5. The van der Waals surface area contributed by atoms with E-state index >= 15 is 0 Å². The first-order chi connectivity index (χ1) is 24.5. The highest BCUT2D eigenvalue weighted by atomic mass is 16.4. The Balaban J connectivity index is 4.61.